The summed E-state index contributed by atoms with van der Waals surface area (Å²) in [6.45, 7) is 10.9. The van der Waals surface area contributed by atoms with E-state index in [-0.39, 0.29) is 30.2 Å². The molecule has 0 saturated heterocycles. The van der Waals surface area contributed by atoms with Crippen LogP contribution >= 0.6 is 11.6 Å². The summed E-state index contributed by atoms with van der Waals surface area (Å²) < 4.78 is 12.3. The van der Waals surface area contributed by atoms with Crippen LogP contribution in [0.2, 0.25) is 5.02 Å². The van der Waals surface area contributed by atoms with Gasteiger partial charge in [0.15, 0.2) is 5.69 Å². The number of aromatic nitrogens is 2. The van der Waals surface area contributed by atoms with Gasteiger partial charge in [-0.05, 0) is 81.5 Å². The van der Waals surface area contributed by atoms with Crippen molar-refractivity contribution >= 4 is 35.3 Å². The van der Waals surface area contributed by atoms with Crippen molar-refractivity contribution in [1.29, 1.82) is 0 Å². The molecule has 5 rings (SSSR count). The number of ether oxygens (including phenoxy) is 2. The molecule has 2 aliphatic rings. The van der Waals surface area contributed by atoms with Crippen molar-refractivity contribution in [2.24, 2.45) is 0 Å². The van der Waals surface area contributed by atoms with Crippen LogP contribution in [0, 0.1) is 0 Å². The van der Waals surface area contributed by atoms with Gasteiger partial charge in [-0.2, -0.15) is 5.10 Å². The second kappa shape index (κ2) is 10.6. The van der Waals surface area contributed by atoms with Crippen LogP contribution in [-0.2, 0) is 22.4 Å². The number of esters is 1. The van der Waals surface area contributed by atoms with Gasteiger partial charge in [-0.3, -0.25) is 4.79 Å². The smallest absolute Gasteiger partial charge is 0.410 e. The Bertz CT molecular complexity index is 1490. The molecule has 0 aliphatic carbocycles. The fourth-order valence-electron chi connectivity index (χ4n) is 5.31. The predicted molar refractivity (Wildman–Crippen MR) is 151 cm³/mol. The van der Waals surface area contributed by atoms with E-state index >= 15 is 0 Å². The molecule has 0 bridgehead atoms. The van der Waals surface area contributed by atoms with Gasteiger partial charge in [0.05, 0.1) is 12.3 Å². The number of carbonyl (C=O) groups is 3. The van der Waals surface area contributed by atoms with E-state index in [0.29, 0.717) is 53.7 Å². The molecule has 0 spiro atoms. The van der Waals surface area contributed by atoms with Gasteiger partial charge in [-0.15, -0.1) is 0 Å². The maximum atomic E-state index is 14.0. The van der Waals surface area contributed by atoms with Crippen LogP contribution in [0.1, 0.15) is 78.2 Å². The highest BCUT2D eigenvalue weighted by molar-refractivity contribution is 6.30. The molecule has 0 fully saturated rings. The van der Waals surface area contributed by atoms with Crippen molar-refractivity contribution in [2.45, 2.75) is 59.1 Å². The minimum absolute atomic E-state index is 0.116. The quantitative estimate of drug-likeness (QED) is 0.374. The largest absolute Gasteiger partial charge is 0.461 e. The summed E-state index contributed by atoms with van der Waals surface area (Å²) in [5, 5.41) is 5.00. The summed E-state index contributed by atoms with van der Waals surface area (Å²) in [6.07, 6.45) is 0.0684. The monoisotopic (exact) mass is 564 g/mol. The van der Waals surface area contributed by atoms with E-state index in [2.05, 4.69) is 12.0 Å². The topological polar surface area (TPSA) is 94.0 Å². The highest BCUT2D eigenvalue weighted by atomic mass is 35.5. The highest BCUT2D eigenvalue weighted by Crippen LogP contribution is 2.35. The Labute approximate surface area is 238 Å². The average Bonchev–Trinajstić information content (AvgIpc) is 3.28. The van der Waals surface area contributed by atoms with E-state index in [9.17, 15) is 14.4 Å². The zero-order valence-corrected chi connectivity index (χ0v) is 24.1. The van der Waals surface area contributed by atoms with E-state index in [1.807, 2.05) is 39.0 Å². The Balaban J connectivity index is 1.51. The molecule has 1 aromatic heterocycles. The molecule has 0 unspecified atom stereocenters. The molecule has 2 amide bonds. The van der Waals surface area contributed by atoms with Gasteiger partial charge in [-0.1, -0.05) is 30.7 Å². The lowest BCUT2D eigenvalue weighted by atomic mass is 9.90. The first kappa shape index (κ1) is 27.7. The van der Waals surface area contributed by atoms with Crippen molar-refractivity contribution in [3.63, 3.8) is 0 Å². The molecule has 2 aromatic carbocycles. The zero-order valence-electron chi connectivity index (χ0n) is 23.4. The second-order valence-corrected chi connectivity index (χ2v) is 11.6. The Kier molecular flexibility index (Phi) is 7.35. The lowest BCUT2D eigenvalue weighted by Gasteiger charge is -2.35. The molecular weight excluding hydrogens is 532 g/mol. The van der Waals surface area contributed by atoms with E-state index < -0.39 is 11.6 Å². The average molecular weight is 565 g/mol. The van der Waals surface area contributed by atoms with Gasteiger partial charge in [-0.25, -0.2) is 14.3 Å². The summed E-state index contributed by atoms with van der Waals surface area (Å²) in [5.41, 5.74) is 3.80. The molecular formula is C30H33ClN4O5. The van der Waals surface area contributed by atoms with Crippen molar-refractivity contribution < 1.29 is 23.9 Å². The third kappa shape index (κ3) is 5.30. The second-order valence-electron chi connectivity index (χ2n) is 11.1. The molecule has 9 nitrogen and oxygen atoms in total. The fraction of sp³-hybridized carbons (Fsp3) is 0.400. The molecule has 3 heterocycles. The summed E-state index contributed by atoms with van der Waals surface area (Å²) in [6, 6.07) is 12.9. The fourth-order valence-corrected chi connectivity index (χ4v) is 5.49. The van der Waals surface area contributed by atoms with Gasteiger partial charge >= 0.3 is 12.1 Å². The first-order valence-electron chi connectivity index (χ1n) is 13.4. The van der Waals surface area contributed by atoms with Crippen LogP contribution in [-0.4, -0.2) is 57.9 Å². The minimum Gasteiger partial charge on any atom is -0.461 e. The van der Waals surface area contributed by atoms with Crippen LogP contribution in [0.25, 0.3) is 5.69 Å². The summed E-state index contributed by atoms with van der Waals surface area (Å²) >= 11 is 6.24. The van der Waals surface area contributed by atoms with Crippen molar-refractivity contribution in [3.8, 4) is 5.69 Å². The highest BCUT2D eigenvalue weighted by Gasteiger charge is 2.36. The molecule has 0 N–H and O–H groups in total. The van der Waals surface area contributed by atoms with Crippen molar-refractivity contribution in [3.05, 3.63) is 75.6 Å². The summed E-state index contributed by atoms with van der Waals surface area (Å²) in [4.78, 5) is 43.0. The third-order valence-corrected chi connectivity index (χ3v) is 7.25. The van der Waals surface area contributed by atoms with Crippen molar-refractivity contribution in [1.82, 2.24) is 14.7 Å². The van der Waals surface area contributed by atoms with Gasteiger partial charge in [0.1, 0.15) is 11.3 Å². The molecule has 0 saturated carbocycles. The molecule has 10 heteroatoms. The van der Waals surface area contributed by atoms with Crippen molar-refractivity contribution in [2.75, 3.05) is 24.6 Å². The number of hydrogen-bond acceptors (Lipinski definition) is 6. The van der Waals surface area contributed by atoms with Gasteiger partial charge in [0.25, 0.3) is 5.91 Å². The maximum Gasteiger partial charge on any atom is 0.410 e. The number of benzene rings is 2. The Morgan fingerprint density at radius 1 is 1.12 bits per heavy atom. The standard InChI is InChI=1S/C30H33ClN4O5/c1-6-39-28(37)25-24-12-13-34(27(36)26(24)35(32-25)22-9-7-8-20(31)15-22)21-10-11-23-18(2)16-33(17-19(23)14-21)29(38)40-30(3,4)5/h7-11,14-15,18H,6,12-13,16-17H2,1-5H3/t18-/m0/s1. The van der Waals surface area contributed by atoms with E-state index in [1.54, 1.807) is 41.0 Å². The minimum atomic E-state index is -0.589. The SMILES string of the molecule is CCOC(=O)c1nn(-c2cccc(Cl)c2)c2c1CCN(c1ccc3c(c1)CN(C(=O)OC(C)(C)C)C[C@@H]3C)C2=O. The van der Waals surface area contributed by atoms with Crippen LogP contribution < -0.4 is 4.90 Å². The van der Waals surface area contributed by atoms with Crippen LogP contribution in [0.15, 0.2) is 42.5 Å². The first-order chi connectivity index (χ1) is 19.0. The molecule has 1 atom stereocenters. The zero-order chi connectivity index (χ0) is 28.8. The van der Waals surface area contributed by atoms with Crippen LogP contribution in [0.4, 0.5) is 10.5 Å². The van der Waals surface area contributed by atoms with E-state index in [0.717, 1.165) is 11.1 Å². The number of anilines is 1. The Hall–Kier alpha value is -3.85. The summed E-state index contributed by atoms with van der Waals surface area (Å²) in [7, 11) is 0. The van der Waals surface area contributed by atoms with Crippen LogP contribution in [0.3, 0.4) is 0 Å². The van der Waals surface area contributed by atoms with Crippen LogP contribution in [0.5, 0.6) is 0 Å². The normalized spacial score (nSPS) is 16.9. The van der Waals surface area contributed by atoms with Gasteiger partial charge < -0.3 is 19.3 Å². The number of halogens is 1. The number of hydrogen-bond donors (Lipinski definition) is 0. The Morgan fingerprint density at radius 3 is 2.60 bits per heavy atom. The van der Waals surface area contributed by atoms with E-state index in [1.165, 1.54) is 4.68 Å². The molecule has 40 heavy (non-hydrogen) atoms. The number of carbonyl (C=O) groups excluding carboxylic acids is 3. The Morgan fingerprint density at radius 2 is 1.90 bits per heavy atom. The lowest BCUT2D eigenvalue weighted by Crippen LogP contribution is -2.41. The third-order valence-electron chi connectivity index (χ3n) is 7.01. The first-order valence-corrected chi connectivity index (χ1v) is 13.8. The molecule has 3 aromatic rings. The summed E-state index contributed by atoms with van der Waals surface area (Å²) in [5.74, 6) is -0.728. The lowest BCUT2D eigenvalue weighted by molar-refractivity contribution is 0.0208. The predicted octanol–water partition coefficient (Wildman–Crippen LogP) is 5.76. The van der Waals surface area contributed by atoms with Gasteiger partial charge in [0, 0.05) is 35.9 Å². The molecule has 210 valence electrons. The van der Waals surface area contributed by atoms with Gasteiger partial charge in [0.2, 0.25) is 0 Å². The number of rotatable bonds is 4. The molecule has 2 aliphatic heterocycles. The number of fused-ring (bicyclic) bond motifs is 2. The number of amides is 2. The van der Waals surface area contributed by atoms with E-state index in [4.69, 9.17) is 21.1 Å². The molecule has 0 radical (unpaired) electrons. The maximum absolute atomic E-state index is 14.0. The number of nitrogens with zero attached hydrogens (tertiary/aromatic N) is 4.